The van der Waals surface area contributed by atoms with E-state index in [9.17, 15) is 14.7 Å². The second kappa shape index (κ2) is 8.79. The molecule has 2 aromatic carbocycles. The first-order valence-electron chi connectivity index (χ1n) is 10.6. The third-order valence-electron chi connectivity index (χ3n) is 5.58. The molecule has 0 spiro atoms. The number of benzene rings is 2. The van der Waals surface area contributed by atoms with Gasteiger partial charge in [0.25, 0.3) is 5.91 Å². The number of nitrogens with zero attached hydrogens (tertiary/aromatic N) is 2. The van der Waals surface area contributed by atoms with Crippen LogP contribution in [0.15, 0.2) is 93.3 Å². The van der Waals surface area contributed by atoms with Gasteiger partial charge >= 0.3 is 0 Å². The second-order valence-electron chi connectivity index (χ2n) is 7.67. The van der Waals surface area contributed by atoms with Gasteiger partial charge in [-0.2, -0.15) is 0 Å². The van der Waals surface area contributed by atoms with Gasteiger partial charge in [-0.15, -0.1) is 0 Å². The number of rotatable bonds is 6. The fourth-order valence-corrected chi connectivity index (χ4v) is 4.49. The number of hydrogen-bond acceptors (Lipinski definition) is 6. The van der Waals surface area contributed by atoms with Crippen LogP contribution in [0.3, 0.4) is 0 Å². The Morgan fingerprint density at radius 3 is 2.71 bits per heavy atom. The summed E-state index contributed by atoms with van der Waals surface area (Å²) in [4.78, 5) is 32.4. The van der Waals surface area contributed by atoms with Crippen LogP contribution < -0.4 is 9.64 Å². The summed E-state index contributed by atoms with van der Waals surface area (Å²) in [5.41, 5.74) is 1.57. The third-order valence-corrected chi connectivity index (χ3v) is 6.08. The largest absolute Gasteiger partial charge is 0.503 e. The van der Waals surface area contributed by atoms with Gasteiger partial charge in [0.2, 0.25) is 5.78 Å². The van der Waals surface area contributed by atoms with Gasteiger partial charge in [-0.3, -0.25) is 19.5 Å². The van der Waals surface area contributed by atoms with Crippen LogP contribution >= 0.6 is 15.9 Å². The number of hydrogen-bond donors (Lipinski definition) is 1. The monoisotopic (exact) mass is 518 g/mol. The molecule has 0 fully saturated rings. The minimum atomic E-state index is -0.875. The highest BCUT2D eigenvalue weighted by molar-refractivity contribution is 9.10. The van der Waals surface area contributed by atoms with Crippen LogP contribution in [0.25, 0.3) is 11.0 Å². The zero-order chi connectivity index (χ0) is 23.8. The van der Waals surface area contributed by atoms with Gasteiger partial charge in [0.1, 0.15) is 11.3 Å². The number of fused-ring (bicyclic) bond motifs is 1. The van der Waals surface area contributed by atoms with Crippen LogP contribution in [-0.4, -0.2) is 28.4 Å². The molecule has 1 amide bonds. The lowest BCUT2D eigenvalue weighted by atomic mass is 9.95. The molecule has 170 valence electrons. The summed E-state index contributed by atoms with van der Waals surface area (Å²) in [5, 5.41) is 11.6. The fourth-order valence-electron chi connectivity index (χ4n) is 4.11. The molecule has 34 heavy (non-hydrogen) atoms. The van der Waals surface area contributed by atoms with Gasteiger partial charge in [0.05, 0.1) is 18.2 Å². The minimum absolute atomic E-state index is 0.0337. The number of pyridine rings is 1. The van der Waals surface area contributed by atoms with Crippen LogP contribution in [0.5, 0.6) is 5.75 Å². The molecule has 0 saturated carbocycles. The first-order valence-corrected chi connectivity index (χ1v) is 11.4. The highest BCUT2D eigenvalue weighted by Crippen LogP contribution is 2.43. The molecule has 0 saturated heterocycles. The highest BCUT2D eigenvalue weighted by atomic mass is 79.9. The van der Waals surface area contributed by atoms with Crippen molar-refractivity contribution in [3.63, 3.8) is 0 Å². The van der Waals surface area contributed by atoms with Crippen molar-refractivity contribution in [3.05, 3.63) is 100 Å². The van der Waals surface area contributed by atoms with E-state index >= 15 is 0 Å². The summed E-state index contributed by atoms with van der Waals surface area (Å²) < 4.78 is 12.2. The van der Waals surface area contributed by atoms with E-state index < -0.39 is 23.5 Å². The molecule has 1 N–H and O–H groups in total. The molecule has 0 radical (unpaired) electrons. The first kappa shape index (κ1) is 21.9. The van der Waals surface area contributed by atoms with Crippen molar-refractivity contribution in [3.8, 4) is 5.75 Å². The molecule has 5 rings (SSSR count). The Morgan fingerprint density at radius 2 is 1.94 bits per heavy atom. The van der Waals surface area contributed by atoms with Crippen LogP contribution in [0, 0.1) is 0 Å². The number of anilines is 1. The zero-order valence-electron chi connectivity index (χ0n) is 18.1. The van der Waals surface area contributed by atoms with Crippen molar-refractivity contribution >= 4 is 44.3 Å². The van der Waals surface area contributed by atoms with Gasteiger partial charge in [-0.25, -0.2) is 0 Å². The van der Waals surface area contributed by atoms with Gasteiger partial charge in [0.15, 0.2) is 11.5 Å². The second-order valence-corrected chi connectivity index (χ2v) is 8.59. The van der Waals surface area contributed by atoms with E-state index in [1.807, 2.05) is 19.1 Å². The number of aliphatic hydroxyl groups is 1. The Hall–Kier alpha value is -3.91. The van der Waals surface area contributed by atoms with Gasteiger partial charge in [-0.1, -0.05) is 22.0 Å². The van der Waals surface area contributed by atoms with Crippen molar-refractivity contribution < 1.29 is 23.8 Å². The summed E-state index contributed by atoms with van der Waals surface area (Å²) in [7, 11) is 0. The summed E-state index contributed by atoms with van der Waals surface area (Å²) in [5.74, 6) is -1.26. The number of aromatic nitrogens is 1. The van der Waals surface area contributed by atoms with Gasteiger partial charge in [-0.05, 0) is 61.0 Å². The Kier molecular flexibility index (Phi) is 5.67. The lowest BCUT2D eigenvalue weighted by Crippen LogP contribution is -2.31. The first-order chi connectivity index (χ1) is 16.5. The maximum Gasteiger partial charge on any atom is 0.294 e. The molecule has 1 atom stereocenters. The minimum Gasteiger partial charge on any atom is -0.503 e. The molecule has 8 heteroatoms. The van der Waals surface area contributed by atoms with E-state index in [4.69, 9.17) is 9.15 Å². The number of amides is 1. The topological polar surface area (TPSA) is 92.9 Å². The van der Waals surface area contributed by atoms with Crippen molar-refractivity contribution in [1.29, 1.82) is 0 Å². The Balaban J connectivity index is 1.63. The number of halogens is 1. The van der Waals surface area contributed by atoms with Crippen molar-refractivity contribution in [2.24, 2.45) is 0 Å². The van der Waals surface area contributed by atoms with E-state index in [1.54, 1.807) is 60.9 Å². The predicted molar refractivity (Wildman–Crippen MR) is 130 cm³/mol. The number of furan rings is 1. The number of ketones is 1. The molecular formula is C26H19BrN2O5. The number of carbonyl (C=O) groups is 2. The molecule has 3 heterocycles. The third kappa shape index (κ3) is 3.76. The molecule has 0 aliphatic carbocycles. The standard InChI is InChI=1S/C26H19BrN2O5/c1-2-33-19-5-3-4-18(14-19)29-23(15-8-10-28-11-9-15)22(25(31)26(29)32)24(30)21-13-16-12-17(27)6-7-20(16)34-21/h3-14,23,31H,2H2,1H3. The lowest BCUT2D eigenvalue weighted by molar-refractivity contribution is -0.117. The smallest absolute Gasteiger partial charge is 0.294 e. The van der Waals surface area contributed by atoms with Gasteiger partial charge < -0.3 is 14.3 Å². The molecular weight excluding hydrogens is 500 g/mol. The summed E-state index contributed by atoms with van der Waals surface area (Å²) >= 11 is 3.41. The van der Waals surface area contributed by atoms with E-state index in [2.05, 4.69) is 20.9 Å². The van der Waals surface area contributed by atoms with Crippen LogP contribution in [-0.2, 0) is 4.79 Å². The van der Waals surface area contributed by atoms with Gasteiger partial charge in [0, 0.05) is 34.0 Å². The molecule has 0 bridgehead atoms. The Morgan fingerprint density at radius 1 is 1.15 bits per heavy atom. The average Bonchev–Trinajstić information content (AvgIpc) is 3.38. The molecule has 7 nitrogen and oxygen atoms in total. The van der Waals surface area contributed by atoms with E-state index in [0.717, 1.165) is 9.86 Å². The number of carbonyl (C=O) groups excluding carboxylic acids is 2. The quantitative estimate of drug-likeness (QED) is 0.325. The highest BCUT2D eigenvalue weighted by Gasteiger charge is 2.45. The molecule has 2 aromatic heterocycles. The lowest BCUT2D eigenvalue weighted by Gasteiger charge is -2.27. The molecule has 1 aliphatic rings. The van der Waals surface area contributed by atoms with Crippen molar-refractivity contribution in [2.45, 2.75) is 13.0 Å². The summed E-state index contributed by atoms with van der Waals surface area (Å²) in [6.07, 6.45) is 3.15. The van der Waals surface area contributed by atoms with E-state index in [1.165, 1.54) is 4.90 Å². The van der Waals surface area contributed by atoms with Crippen molar-refractivity contribution in [2.75, 3.05) is 11.5 Å². The Labute approximate surface area is 203 Å². The summed E-state index contributed by atoms with van der Waals surface area (Å²) in [6, 6.07) is 16.5. The van der Waals surface area contributed by atoms with Crippen LogP contribution in [0.2, 0.25) is 0 Å². The number of ether oxygens (including phenoxy) is 1. The number of Topliss-reactive ketones (excluding diaryl/α,β-unsaturated/α-hetero) is 1. The van der Waals surface area contributed by atoms with Crippen LogP contribution in [0.4, 0.5) is 5.69 Å². The summed E-state index contributed by atoms with van der Waals surface area (Å²) in [6.45, 7) is 2.32. The Bertz CT molecular complexity index is 1440. The normalized spacial score (nSPS) is 15.9. The zero-order valence-corrected chi connectivity index (χ0v) is 19.7. The van der Waals surface area contributed by atoms with Crippen molar-refractivity contribution in [1.82, 2.24) is 4.98 Å². The SMILES string of the molecule is CCOc1cccc(N2C(=O)C(O)=C(C(=O)c3cc4cc(Br)ccc4o3)C2c2ccncc2)c1. The maximum atomic E-state index is 13.6. The maximum absolute atomic E-state index is 13.6. The molecule has 1 aliphatic heterocycles. The fraction of sp³-hybridized carbons (Fsp3) is 0.115. The predicted octanol–water partition coefficient (Wildman–Crippen LogP) is 5.77. The van der Waals surface area contributed by atoms with E-state index in [-0.39, 0.29) is 11.3 Å². The average molecular weight is 519 g/mol. The van der Waals surface area contributed by atoms with Crippen LogP contribution in [0.1, 0.15) is 29.1 Å². The molecule has 4 aromatic rings. The molecule has 1 unspecified atom stereocenters. The number of aliphatic hydroxyl groups excluding tert-OH is 1. The van der Waals surface area contributed by atoms with E-state index in [0.29, 0.717) is 29.2 Å².